The molecule has 2 unspecified atom stereocenters. The summed E-state index contributed by atoms with van der Waals surface area (Å²) in [5.41, 5.74) is 13.9. The molecule has 1 aliphatic rings. The van der Waals surface area contributed by atoms with Gasteiger partial charge >= 0.3 is 5.97 Å². The van der Waals surface area contributed by atoms with E-state index in [0.29, 0.717) is 5.92 Å². The number of amides is 1. The van der Waals surface area contributed by atoms with Crippen molar-refractivity contribution in [3.63, 3.8) is 0 Å². The maximum atomic E-state index is 11.5. The van der Waals surface area contributed by atoms with Gasteiger partial charge in [0.1, 0.15) is 6.54 Å². The van der Waals surface area contributed by atoms with Crippen molar-refractivity contribution >= 4 is 11.9 Å². The highest BCUT2D eigenvalue weighted by Crippen LogP contribution is 2.32. The van der Waals surface area contributed by atoms with E-state index in [2.05, 4.69) is 5.43 Å². The van der Waals surface area contributed by atoms with Gasteiger partial charge in [0, 0.05) is 25.6 Å². The van der Waals surface area contributed by atoms with Crippen LogP contribution in [-0.4, -0.2) is 47.7 Å². The van der Waals surface area contributed by atoms with Crippen LogP contribution in [0.4, 0.5) is 0 Å². The lowest BCUT2D eigenvalue weighted by Gasteiger charge is -2.17. The summed E-state index contributed by atoms with van der Waals surface area (Å²) in [6.07, 6.45) is 1.92. The molecular weight excluding hydrogens is 224 g/mol. The summed E-state index contributed by atoms with van der Waals surface area (Å²) in [7, 11) is 1.49. The minimum absolute atomic E-state index is 0.188. The number of carboxylic acid groups (broad SMARTS) is 1. The predicted molar refractivity (Wildman–Crippen MR) is 61.7 cm³/mol. The number of hydrazine groups is 1. The van der Waals surface area contributed by atoms with Gasteiger partial charge in [-0.2, -0.15) is 0 Å². The van der Waals surface area contributed by atoms with Crippen molar-refractivity contribution < 1.29 is 14.7 Å². The number of hydrogen-bond donors (Lipinski definition) is 4. The Morgan fingerprint density at radius 3 is 2.65 bits per heavy atom. The van der Waals surface area contributed by atoms with E-state index in [-0.39, 0.29) is 31.0 Å². The van der Waals surface area contributed by atoms with Gasteiger partial charge in [0.15, 0.2) is 0 Å². The van der Waals surface area contributed by atoms with Gasteiger partial charge in [0.05, 0.1) is 0 Å². The highest BCUT2D eigenvalue weighted by Gasteiger charge is 2.34. The van der Waals surface area contributed by atoms with Gasteiger partial charge in [-0.05, 0) is 18.8 Å². The van der Waals surface area contributed by atoms with E-state index in [1.54, 1.807) is 0 Å². The lowest BCUT2D eigenvalue weighted by Crippen LogP contribution is -2.44. The van der Waals surface area contributed by atoms with E-state index in [0.717, 1.165) is 12.8 Å². The number of nitrogens with one attached hydrogen (secondary N) is 1. The molecule has 0 aliphatic heterocycles. The van der Waals surface area contributed by atoms with Crippen LogP contribution in [0.25, 0.3) is 0 Å². The maximum absolute atomic E-state index is 11.5. The first-order valence-corrected chi connectivity index (χ1v) is 5.62. The molecule has 1 amide bonds. The van der Waals surface area contributed by atoms with Crippen LogP contribution < -0.4 is 16.9 Å². The van der Waals surface area contributed by atoms with Crippen molar-refractivity contribution in [2.24, 2.45) is 17.4 Å². The van der Waals surface area contributed by atoms with Crippen LogP contribution >= 0.6 is 0 Å². The van der Waals surface area contributed by atoms with E-state index in [4.69, 9.17) is 16.6 Å². The van der Waals surface area contributed by atoms with Crippen LogP contribution in [0.1, 0.15) is 19.3 Å². The smallest absolute Gasteiger partial charge is 0.319 e. The molecular formula is C10H20N4O3. The molecule has 1 saturated carbocycles. The summed E-state index contributed by atoms with van der Waals surface area (Å²) in [5, 5.41) is 9.73. The van der Waals surface area contributed by atoms with Crippen LogP contribution in [0.5, 0.6) is 0 Å². The maximum Gasteiger partial charge on any atom is 0.319 e. The summed E-state index contributed by atoms with van der Waals surface area (Å²) in [6.45, 7) is -0.242. The third kappa shape index (κ3) is 5.62. The fourth-order valence-corrected chi connectivity index (χ4v) is 1.75. The van der Waals surface area contributed by atoms with Gasteiger partial charge in [-0.3, -0.25) is 15.0 Å². The molecule has 0 aromatic heterocycles. The number of likely N-dealkylation sites (N-methyl/N-ethyl adjacent to an activating group) is 1. The summed E-state index contributed by atoms with van der Waals surface area (Å²) in [6, 6.07) is 0.0190. The van der Waals surface area contributed by atoms with E-state index >= 15 is 0 Å². The second-order valence-corrected chi connectivity index (χ2v) is 4.64. The lowest BCUT2D eigenvalue weighted by molar-refractivity contribution is -0.139. The number of nitrogens with two attached hydrogens (primary N) is 2. The Morgan fingerprint density at radius 2 is 2.18 bits per heavy atom. The minimum atomic E-state index is -0.999. The van der Waals surface area contributed by atoms with Gasteiger partial charge < -0.3 is 16.6 Å². The fourth-order valence-electron chi connectivity index (χ4n) is 1.75. The Labute approximate surface area is 100 Å². The number of carbonyl (C=O) groups excluding carboxylic acids is 1. The molecule has 1 rings (SSSR count). The summed E-state index contributed by atoms with van der Waals surface area (Å²) in [5.74, 6) is -0.828. The molecule has 0 saturated heterocycles. The number of aliphatic carboxylic acids is 1. The van der Waals surface area contributed by atoms with Crippen LogP contribution in [0.2, 0.25) is 0 Å². The lowest BCUT2D eigenvalue weighted by atomic mass is 10.1. The van der Waals surface area contributed by atoms with Crippen molar-refractivity contribution in [1.29, 1.82) is 0 Å². The van der Waals surface area contributed by atoms with E-state index < -0.39 is 5.97 Å². The Balaban J connectivity index is 2.17. The van der Waals surface area contributed by atoms with Crippen molar-refractivity contribution in [3.8, 4) is 0 Å². The molecule has 17 heavy (non-hydrogen) atoms. The molecule has 7 heteroatoms. The van der Waals surface area contributed by atoms with Crippen LogP contribution in [0.15, 0.2) is 0 Å². The molecule has 1 fully saturated rings. The molecule has 1 aliphatic carbocycles. The first kappa shape index (κ1) is 13.9. The second kappa shape index (κ2) is 5.95. The van der Waals surface area contributed by atoms with E-state index in [1.165, 1.54) is 12.1 Å². The number of nitrogens with zero attached hydrogens (tertiary/aromatic N) is 1. The number of hydrogen-bond acceptors (Lipinski definition) is 5. The zero-order chi connectivity index (χ0) is 13.0. The molecule has 7 nitrogen and oxygen atoms in total. The fraction of sp³-hybridized carbons (Fsp3) is 0.800. The summed E-state index contributed by atoms with van der Waals surface area (Å²) < 4.78 is 0. The van der Waals surface area contributed by atoms with Gasteiger partial charge in [-0.1, -0.05) is 0 Å². The number of carbonyl (C=O) groups is 2. The molecule has 0 spiro atoms. The Hall–Kier alpha value is -1.18. The molecule has 6 N–H and O–H groups in total. The quantitative estimate of drug-likeness (QED) is 0.404. The average molecular weight is 244 g/mol. The van der Waals surface area contributed by atoms with Crippen molar-refractivity contribution in [2.75, 3.05) is 13.6 Å². The zero-order valence-corrected chi connectivity index (χ0v) is 9.93. The molecule has 0 heterocycles. The highest BCUT2D eigenvalue weighted by molar-refractivity contribution is 5.76. The monoisotopic (exact) mass is 244 g/mol. The molecule has 0 radical (unpaired) electrons. The standard InChI is InChI=1S/C10H20N4O3/c1-14(5-10(16)17)13-9(15)4-7(11)2-6-3-8(6)12/h6-8H,2-5,11-12H2,1H3,(H,13,15)(H,16,17)/t6?,7-,8?/m1/s1. The summed E-state index contributed by atoms with van der Waals surface area (Å²) in [4.78, 5) is 21.8. The van der Waals surface area contributed by atoms with Crippen molar-refractivity contribution in [3.05, 3.63) is 0 Å². The van der Waals surface area contributed by atoms with Gasteiger partial charge in [-0.15, -0.1) is 0 Å². The third-order valence-electron chi connectivity index (χ3n) is 2.72. The molecule has 3 atom stereocenters. The van der Waals surface area contributed by atoms with Gasteiger partial charge in [-0.25, -0.2) is 5.01 Å². The SMILES string of the molecule is CN(CC(=O)O)NC(=O)C[C@H](N)CC1CC1N. The molecule has 0 aromatic rings. The number of carboxylic acids is 1. The normalized spacial score (nSPS) is 24.5. The van der Waals surface area contributed by atoms with Gasteiger partial charge in [0.25, 0.3) is 0 Å². The van der Waals surface area contributed by atoms with Crippen molar-refractivity contribution in [1.82, 2.24) is 10.4 Å². The molecule has 0 aromatic carbocycles. The van der Waals surface area contributed by atoms with E-state index in [1.807, 2.05) is 0 Å². The van der Waals surface area contributed by atoms with Crippen LogP contribution in [0, 0.1) is 5.92 Å². The number of rotatable bonds is 7. The zero-order valence-electron chi connectivity index (χ0n) is 9.93. The topological polar surface area (TPSA) is 122 Å². The average Bonchev–Trinajstić information content (AvgIpc) is 2.78. The minimum Gasteiger partial charge on any atom is -0.480 e. The Kier molecular flexibility index (Phi) is 4.86. The molecule has 0 bridgehead atoms. The largest absolute Gasteiger partial charge is 0.480 e. The Morgan fingerprint density at radius 1 is 1.59 bits per heavy atom. The third-order valence-corrected chi connectivity index (χ3v) is 2.72. The van der Waals surface area contributed by atoms with Gasteiger partial charge in [0.2, 0.25) is 5.91 Å². The van der Waals surface area contributed by atoms with Crippen molar-refractivity contribution in [2.45, 2.75) is 31.3 Å². The first-order valence-electron chi connectivity index (χ1n) is 5.62. The van der Waals surface area contributed by atoms with Crippen LogP contribution in [0.3, 0.4) is 0 Å². The summed E-state index contributed by atoms with van der Waals surface area (Å²) >= 11 is 0. The first-order chi connectivity index (χ1) is 7.88. The highest BCUT2D eigenvalue weighted by atomic mass is 16.4. The predicted octanol–water partition coefficient (Wildman–Crippen LogP) is -1.51. The molecule has 98 valence electrons. The van der Waals surface area contributed by atoms with Crippen LogP contribution in [-0.2, 0) is 9.59 Å². The Bertz CT molecular complexity index is 297. The second-order valence-electron chi connectivity index (χ2n) is 4.64. The van der Waals surface area contributed by atoms with E-state index in [9.17, 15) is 9.59 Å².